The predicted molar refractivity (Wildman–Crippen MR) is 540 cm³/mol. The minimum atomic E-state index is -0.696. The number of alkyl halides is 1. The van der Waals surface area contributed by atoms with Crippen LogP contribution in [0.2, 0.25) is 0 Å². The third kappa shape index (κ3) is 71.8. The van der Waals surface area contributed by atoms with E-state index in [0.717, 1.165) is 96.3 Å². The highest BCUT2D eigenvalue weighted by molar-refractivity contribution is 6.18. The van der Waals surface area contributed by atoms with Crippen molar-refractivity contribution in [1.29, 1.82) is 0 Å². The Balaban J connectivity index is -0.0000000621. The molecule has 0 amide bonds. The molecule has 8 atom stereocenters. The summed E-state index contributed by atoms with van der Waals surface area (Å²) in [5.41, 5.74) is -4.12. The summed E-state index contributed by atoms with van der Waals surface area (Å²) < 4.78 is 77.3. The zero-order chi connectivity index (χ0) is 88.0. The van der Waals surface area contributed by atoms with E-state index in [1.165, 1.54) is 7.11 Å². The van der Waals surface area contributed by atoms with Gasteiger partial charge in [0.2, 0.25) is 12.6 Å². The van der Waals surface area contributed by atoms with E-state index in [-0.39, 0.29) is 228 Å². The van der Waals surface area contributed by atoms with Crippen LogP contribution in [0.1, 0.15) is 460 Å². The van der Waals surface area contributed by atoms with E-state index in [1.54, 1.807) is 27.9 Å². The molecule has 3 aliphatic heterocycles. The number of hydrogen-bond donors (Lipinski definition) is 0. The zero-order valence-electron chi connectivity index (χ0n) is 75.5. The topological polar surface area (TPSA) is 326 Å². The molecule has 3 heterocycles. The number of Topliss-reactive ketones (excluding diaryl/α,β-unsaturated/α-hetero) is 2. The second-order valence-corrected chi connectivity index (χ2v) is 34.8. The number of rotatable bonds is 31. The van der Waals surface area contributed by atoms with Gasteiger partial charge in [0.1, 0.15) is 29.4 Å². The highest BCUT2D eigenvalue weighted by Gasteiger charge is 2.41. The molecule has 8 unspecified atom stereocenters. The smallest absolute Gasteiger partial charge is 0.313 e. The van der Waals surface area contributed by atoms with E-state index in [4.69, 9.17) is 77.9 Å². The number of ether oxygens (including phenoxy) is 15. The summed E-state index contributed by atoms with van der Waals surface area (Å²) in [6, 6.07) is 0. The molecule has 2 saturated carbocycles. The fourth-order valence-corrected chi connectivity index (χ4v) is 8.93. The molecule has 26 nitrogen and oxygen atoms in total. The molecule has 3 saturated heterocycles. The first kappa shape index (κ1) is 170. The van der Waals surface area contributed by atoms with Gasteiger partial charge in [-0.25, -0.2) is 0 Å². The number of methoxy groups -OCH3 is 2. The van der Waals surface area contributed by atoms with Gasteiger partial charge >= 0.3 is 53.7 Å². The van der Waals surface area contributed by atoms with Crippen LogP contribution in [-0.4, -0.2) is 168 Å². The maximum Gasteiger partial charge on any atom is 0.313 e. The van der Waals surface area contributed by atoms with Gasteiger partial charge < -0.3 is 71.1 Å². The highest BCUT2D eigenvalue weighted by Crippen LogP contribution is 2.34. The average Bonchev–Trinajstić information content (AvgIpc) is 1.29. The van der Waals surface area contributed by atoms with Gasteiger partial charge in [0.05, 0.1) is 69.6 Å². The van der Waals surface area contributed by atoms with Crippen LogP contribution in [0.25, 0.3) is 0 Å². The van der Waals surface area contributed by atoms with Crippen molar-refractivity contribution in [3.63, 3.8) is 0 Å². The second-order valence-electron chi connectivity index (χ2n) is 34.4. The Bertz CT molecular complexity index is 2810. The Morgan fingerprint density at radius 3 is 1.08 bits per heavy atom. The lowest BCUT2D eigenvalue weighted by Crippen LogP contribution is -2.43. The van der Waals surface area contributed by atoms with E-state index in [9.17, 15) is 52.7 Å². The summed E-state index contributed by atoms with van der Waals surface area (Å²) >= 11 is 5.43. The van der Waals surface area contributed by atoms with Gasteiger partial charge in [-0.15, -0.1) is 11.6 Å². The van der Waals surface area contributed by atoms with Gasteiger partial charge in [0.15, 0.2) is 25.7 Å². The number of cyclic esters (lactones) is 1. The Kier molecular flexibility index (Phi) is 111. The number of hydrogen-bond acceptors (Lipinski definition) is 26. The number of ketones is 2. The van der Waals surface area contributed by atoms with Crippen LogP contribution in [0.4, 0.5) is 0 Å². The normalized spacial score (nSPS) is 18.0. The Morgan fingerprint density at radius 2 is 0.744 bits per heavy atom. The van der Waals surface area contributed by atoms with Crippen molar-refractivity contribution in [2.45, 2.75) is 510 Å². The summed E-state index contributed by atoms with van der Waals surface area (Å²) in [5, 5.41) is 0. The van der Waals surface area contributed by atoms with E-state index >= 15 is 0 Å². The number of carbonyl (C=O) groups is 11. The van der Waals surface area contributed by atoms with Crippen LogP contribution in [0.5, 0.6) is 0 Å². The summed E-state index contributed by atoms with van der Waals surface area (Å²) in [7, 11) is 3.09. The van der Waals surface area contributed by atoms with Crippen LogP contribution in [0.3, 0.4) is 0 Å². The van der Waals surface area contributed by atoms with Crippen molar-refractivity contribution >= 4 is 76.9 Å². The fourth-order valence-electron chi connectivity index (χ4n) is 8.84. The van der Waals surface area contributed by atoms with Crippen LogP contribution in [-0.2, 0) is 124 Å². The van der Waals surface area contributed by atoms with Crippen LogP contribution in [0.15, 0.2) is 0 Å². The van der Waals surface area contributed by atoms with Gasteiger partial charge in [0, 0.05) is 71.7 Å². The first-order valence-corrected chi connectivity index (χ1v) is 41.6. The summed E-state index contributed by atoms with van der Waals surface area (Å²) in [5.74, 6) is -1.06. The molecule has 5 rings (SSSR count). The van der Waals surface area contributed by atoms with Crippen LogP contribution < -0.4 is 0 Å². The molecule has 0 bridgehead atoms. The molecule has 0 aromatic rings. The number of esters is 9. The van der Waals surface area contributed by atoms with Gasteiger partial charge in [-0.3, -0.25) is 52.7 Å². The minimum Gasteiger partial charge on any atom is -0.465 e. The highest BCUT2D eigenvalue weighted by atomic mass is 35.5. The molecule has 0 N–H and O–H groups in total. The molecular formula is C102H219ClO26. The molecular weight excluding hydrogens is 1680 g/mol. The quantitative estimate of drug-likeness (QED) is 0.0269. The standard InChI is InChI=1S/C12H20O4.C12H22O4.C12H20O3.C11H18O3.C11H20O3.C10H19ClO3.C10H20O3.C8H16O3.16CH4/c1-5-11(2,3)10(14)16-12(4)6-7-15-9(13)8-12;1-5-12(2,3)11(13)16-10-8-6-7-9(14-4)15-10;1-4-12(2,3)11(14)15-10-7-5-6-9(13)8-10;1-4-11(2,3)10(13)14-9-6-5-8(12)7-9;1-4-11(2,3)10(12)14-9-7-5-6-8-13-9;1-5-10(3,4)9(12)14-8(2)13-7-6-11;1-6-10(4,5)9(11)13-8(3)12-7-2;1-5-8(2,3)7(9)11-6-10-4;;;;;;;;;;;;;;;;/h5-8H2,1-4H3;9-10H,5-8H2,1-4H3;10H,4-8H2,1-3H3;9H,4-7H2,1-3H3;9H,4-8H2,1-3H3;8H,5-7H2,1-4H3;8H,6-7H2,1-5H3;5-6H2,1-4H3;16*1H4. The predicted octanol–water partition coefficient (Wildman–Crippen LogP) is 28.2. The maximum absolute atomic E-state index is 11.9. The Morgan fingerprint density at radius 1 is 0.403 bits per heavy atom. The molecule has 27 heteroatoms. The first-order valence-electron chi connectivity index (χ1n) is 41.1. The van der Waals surface area contributed by atoms with Gasteiger partial charge in [-0.1, -0.05) is 174 Å². The molecule has 0 spiro atoms. The number of halogens is 1. The average molecular weight is 1900 g/mol. The van der Waals surface area contributed by atoms with E-state index in [2.05, 4.69) is 4.74 Å². The first-order chi connectivity index (χ1) is 52.2. The third-order valence-electron chi connectivity index (χ3n) is 21.2. The largest absolute Gasteiger partial charge is 0.465 e. The molecule has 2 aliphatic carbocycles. The lowest BCUT2D eigenvalue weighted by atomic mass is 9.89. The third-order valence-corrected chi connectivity index (χ3v) is 21.3. The molecule has 129 heavy (non-hydrogen) atoms. The van der Waals surface area contributed by atoms with Crippen molar-refractivity contribution in [2.75, 3.05) is 53.3 Å². The zero-order valence-corrected chi connectivity index (χ0v) is 76.3. The lowest BCUT2D eigenvalue weighted by molar-refractivity contribution is -0.257. The van der Waals surface area contributed by atoms with Crippen molar-refractivity contribution in [3.8, 4) is 0 Å². The molecule has 5 aliphatic rings. The van der Waals surface area contributed by atoms with E-state index < -0.39 is 62.4 Å². The van der Waals surface area contributed by atoms with Crippen molar-refractivity contribution in [3.05, 3.63) is 0 Å². The second kappa shape index (κ2) is 84.4. The van der Waals surface area contributed by atoms with E-state index in [0.29, 0.717) is 77.3 Å². The van der Waals surface area contributed by atoms with Gasteiger partial charge in [0.25, 0.3) is 0 Å². The molecule has 0 aromatic carbocycles. The van der Waals surface area contributed by atoms with Gasteiger partial charge in [-0.2, -0.15) is 0 Å². The van der Waals surface area contributed by atoms with Crippen molar-refractivity contribution < 1.29 is 124 Å². The summed E-state index contributed by atoms with van der Waals surface area (Å²) in [6.07, 6.45) is 14.5. The fraction of sp³-hybridized carbons (Fsp3) is 0.892. The lowest BCUT2D eigenvalue weighted by Gasteiger charge is -2.35. The van der Waals surface area contributed by atoms with Gasteiger partial charge in [-0.05, 0) is 235 Å². The van der Waals surface area contributed by atoms with E-state index in [1.807, 2.05) is 173 Å². The van der Waals surface area contributed by atoms with Crippen molar-refractivity contribution in [2.24, 2.45) is 43.3 Å². The summed E-state index contributed by atoms with van der Waals surface area (Å²) in [4.78, 5) is 126. The van der Waals surface area contributed by atoms with Crippen LogP contribution in [0, 0.1) is 43.3 Å². The molecule has 5 fully saturated rings. The Hall–Kier alpha value is -5.38. The monoisotopic (exact) mass is 1900 g/mol. The molecule has 790 valence electrons. The maximum atomic E-state index is 11.9. The molecule has 0 radical (unpaired) electrons. The van der Waals surface area contributed by atoms with Crippen molar-refractivity contribution in [1.82, 2.24) is 0 Å². The number of carbonyl (C=O) groups excluding carboxylic acids is 11. The minimum absolute atomic E-state index is 0. The molecule has 0 aromatic heterocycles. The summed E-state index contributed by atoms with van der Waals surface area (Å²) in [6.45, 7) is 54.7. The van der Waals surface area contributed by atoms with Crippen LogP contribution >= 0.6 is 11.6 Å². The SMILES string of the molecule is C.C.C.C.C.C.C.C.C.C.C.C.C.C.C.C.CCC(C)(C)C(=O)OC(C)OCCCl.CCC(C)(C)C(=O)OC1(C)CCOC(=O)C1.CCC(C)(C)C(=O)OC1CCC(=O)C1.CCC(C)(C)C(=O)OC1CCCC(=O)C1.CCC(C)(C)C(=O)OC1CCCC(OC)O1.CCC(C)(C)C(=O)OC1CCCCO1.CCC(C)(C)C(=O)OCOC.CCOC(C)OC(=O)C(C)(C)CC. The Labute approximate surface area is 802 Å².